The Bertz CT molecular complexity index is 925. The van der Waals surface area contributed by atoms with Gasteiger partial charge in [-0.15, -0.1) is 0 Å². The molecule has 0 spiro atoms. The molecule has 0 heterocycles. The molecule has 0 fully saturated rings. The molecule has 4 nitrogen and oxygen atoms in total. The molecule has 29 heavy (non-hydrogen) atoms. The van der Waals surface area contributed by atoms with Gasteiger partial charge in [-0.3, -0.25) is 0 Å². The lowest BCUT2D eigenvalue weighted by Gasteiger charge is -2.13. The van der Waals surface area contributed by atoms with Gasteiger partial charge in [-0.05, 0) is 123 Å². The summed E-state index contributed by atoms with van der Waals surface area (Å²) in [6.07, 6.45) is 3.14. The van der Waals surface area contributed by atoms with E-state index < -0.39 is 12.1 Å². The summed E-state index contributed by atoms with van der Waals surface area (Å²) in [7, 11) is 0. The average Bonchev–Trinajstić information content (AvgIpc) is 2.64. The van der Waals surface area contributed by atoms with Crippen LogP contribution in [-0.4, -0.2) is 30.4 Å². The summed E-state index contributed by atoms with van der Waals surface area (Å²) in [5, 5.41) is 9.21. The van der Waals surface area contributed by atoms with Gasteiger partial charge >= 0.3 is 5.97 Å². The zero-order valence-corrected chi connectivity index (χ0v) is 22.1. The molecule has 1 N–H and O–H groups in total. The van der Waals surface area contributed by atoms with Crippen molar-refractivity contribution in [3.63, 3.8) is 0 Å². The van der Waals surface area contributed by atoms with E-state index in [1.165, 1.54) is 7.14 Å². The molecule has 1 atom stereocenters. The van der Waals surface area contributed by atoms with Gasteiger partial charge in [0, 0.05) is 25.7 Å². The van der Waals surface area contributed by atoms with Crippen LogP contribution in [0.3, 0.4) is 0 Å². The number of carboxylic acids is 1. The van der Waals surface area contributed by atoms with Crippen molar-refractivity contribution < 1.29 is 19.4 Å². The molecule has 1 unspecified atom stereocenters. The normalized spacial score (nSPS) is 11.7. The zero-order chi connectivity index (χ0) is 21.2. The van der Waals surface area contributed by atoms with Crippen molar-refractivity contribution in [3.05, 3.63) is 70.4 Å². The van der Waals surface area contributed by atoms with E-state index in [0.717, 1.165) is 20.4 Å². The summed E-state index contributed by atoms with van der Waals surface area (Å²) in [4.78, 5) is 11.2. The lowest BCUT2D eigenvalue weighted by molar-refractivity contribution is -0.149. The first kappa shape index (κ1) is 24.4. The zero-order valence-electron chi connectivity index (χ0n) is 15.6. The van der Waals surface area contributed by atoms with E-state index in [-0.39, 0.29) is 0 Å². The number of carboxylic acid groups (broad SMARTS) is 1. The van der Waals surface area contributed by atoms with Gasteiger partial charge in [0.15, 0.2) is 6.10 Å². The number of allylic oxidation sites excluding steroid dienone is 1. The first-order chi connectivity index (χ1) is 13.9. The molecule has 0 aromatic heterocycles. The molecule has 0 saturated heterocycles. The van der Waals surface area contributed by atoms with Gasteiger partial charge < -0.3 is 14.6 Å². The Kier molecular flexibility index (Phi) is 10.8. The largest absolute Gasteiger partial charge is 0.488 e. The van der Waals surface area contributed by atoms with Crippen LogP contribution in [0.2, 0.25) is 0 Å². The van der Waals surface area contributed by atoms with Crippen LogP contribution in [0.15, 0.2) is 48.6 Å². The minimum Gasteiger partial charge on any atom is -0.488 e. The summed E-state index contributed by atoms with van der Waals surface area (Å²) in [5.74, 6) is 5.94. The minimum atomic E-state index is -0.951. The van der Waals surface area contributed by atoms with Crippen LogP contribution in [0.1, 0.15) is 18.1 Å². The van der Waals surface area contributed by atoms with Gasteiger partial charge in [0.25, 0.3) is 0 Å². The first-order valence-electron chi connectivity index (χ1n) is 8.77. The molecule has 152 valence electrons. The minimum absolute atomic E-state index is 0.326. The highest BCUT2D eigenvalue weighted by molar-refractivity contribution is 14.1. The topological polar surface area (TPSA) is 55.8 Å². The Hall–Kier alpha value is -0.840. The molecule has 0 saturated carbocycles. The number of benzene rings is 2. The Morgan fingerprint density at radius 3 is 2.52 bits per heavy atom. The summed E-state index contributed by atoms with van der Waals surface area (Å²) >= 11 is 6.75. The van der Waals surface area contributed by atoms with E-state index in [2.05, 4.69) is 85.7 Å². The van der Waals surface area contributed by atoms with E-state index in [0.29, 0.717) is 19.6 Å². The summed E-state index contributed by atoms with van der Waals surface area (Å²) < 4.78 is 14.3. The molecular formula is C22H19I3O4. The van der Waals surface area contributed by atoms with Crippen LogP contribution < -0.4 is 4.74 Å². The smallest absolute Gasteiger partial charge is 0.333 e. The van der Waals surface area contributed by atoms with E-state index in [9.17, 15) is 9.90 Å². The number of carbonyl (C=O) groups is 1. The van der Waals surface area contributed by atoms with Crippen LogP contribution in [-0.2, 0) is 16.0 Å². The van der Waals surface area contributed by atoms with Gasteiger partial charge in [-0.1, -0.05) is 17.9 Å². The monoisotopic (exact) mass is 728 g/mol. The molecule has 2 aromatic rings. The van der Waals surface area contributed by atoms with Crippen LogP contribution in [0.25, 0.3) is 0 Å². The number of rotatable bonds is 8. The predicted molar refractivity (Wildman–Crippen MR) is 139 cm³/mol. The summed E-state index contributed by atoms with van der Waals surface area (Å²) in [6.45, 7) is 2.56. The molecule has 2 rings (SSSR count). The Balaban J connectivity index is 1.90. The standard InChI is InChI=1S/C22H19I3O4/c1-2-28-21(22(26)27)13-16-7-8-20(19(25)12-16)29-9-5-3-4-6-15-10-17(23)14-18(24)11-15/h3,5,7-8,10-12,14,21H,2,9,13H2,1H3,(H,26,27). The van der Waals surface area contributed by atoms with Gasteiger partial charge in [0.2, 0.25) is 0 Å². The van der Waals surface area contributed by atoms with E-state index in [1.54, 1.807) is 13.0 Å². The highest BCUT2D eigenvalue weighted by atomic mass is 127. The van der Waals surface area contributed by atoms with Crippen molar-refractivity contribution in [1.29, 1.82) is 0 Å². The van der Waals surface area contributed by atoms with Crippen molar-refractivity contribution in [2.45, 2.75) is 19.4 Å². The molecule has 0 amide bonds. The molecule has 0 aliphatic rings. The van der Waals surface area contributed by atoms with Crippen LogP contribution in [0, 0.1) is 22.6 Å². The molecule has 0 bridgehead atoms. The van der Waals surface area contributed by atoms with E-state index in [1.807, 2.05) is 36.4 Å². The second-order valence-electron chi connectivity index (χ2n) is 5.89. The molecule has 0 aliphatic heterocycles. The summed E-state index contributed by atoms with van der Waals surface area (Å²) in [5.41, 5.74) is 1.89. The Morgan fingerprint density at radius 1 is 1.17 bits per heavy atom. The quantitative estimate of drug-likeness (QED) is 0.288. The van der Waals surface area contributed by atoms with Crippen molar-refractivity contribution in [1.82, 2.24) is 0 Å². The molecule has 2 aromatic carbocycles. The fraction of sp³-hybridized carbons (Fsp3) is 0.227. The third-order valence-corrected chi connectivity index (χ3v) is 5.76. The van der Waals surface area contributed by atoms with Crippen LogP contribution in [0.5, 0.6) is 5.75 Å². The SMILES string of the molecule is CCOC(Cc1ccc(OCC=CC#Cc2cc(I)cc(I)c2)c(I)c1)C(=O)O. The highest BCUT2D eigenvalue weighted by Crippen LogP contribution is 2.23. The van der Waals surface area contributed by atoms with E-state index in [4.69, 9.17) is 9.47 Å². The maximum Gasteiger partial charge on any atom is 0.333 e. The Labute approximate surface area is 211 Å². The van der Waals surface area contributed by atoms with Crippen LogP contribution >= 0.6 is 67.8 Å². The molecule has 0 radical (unpaired) electrons. The third-order valence-electron chi connectivity index (χ3n) is 3.68. The maximum atomic E-state index is 11.2. The lowest BCUT2D eigenvalue weighted by atomic mass is 10.1. The fourth-order valence-corrected chi connectivity index (χ4v) is 5.09. The predicted octanol–water partition coefficient (Wildman–Crippen LogP) is 5.52. The molecule has 0 aliphatic carbocycles. The van der Waals surface area contributed by atoms with Crippen molar-refractivity contribution in [2.24, 2.45) is 0 Å². The average molecular weight is 728 g/mol. The fourth-order valence-electron chi connectivity index (χ4n) is 2.42. The number of hydrogen-bond donors (Lipinski definition) is 1. The van der Waals surface area contributed by atoms with E-state index >= 15 is 0 Å². The lowest BCUT2D eigenvalue weighted by Crippen LogP contribution is -2.26. The highest BCUT2D eigenvalue weighted by Gasteiger charge is 2.18. The maximum absolute atomic E-state index is 11.2. The van der Waals surface area contributed by atoms with Gasteiger partial charge in [0.1, 0.15) is 12.4 Å². The van der Waals surface area contributed by atoms with Crippen LogP contribution in [0.4, 0.5) is 0 Å². The Morgan fingerprint density at radius 2 is 1.90 bits per heavy atom. The van der Waals surface area contributed by atoms with Gasteiger partial charge in [-0.25, -0.2) is 4.79 Å². The second-order valence-corrected chi connectivity index (χ2v) is 9.55. The number of ether oxygens (including phenoxy) is 2. The number of aliphatic carboxylic acids is 1. The number of hydrogen-bond acceptors (Lipinski definition) is 3. The van der Waals surface area contributed by atoms with Crippen molar-refractivity contribution in [2.75, 3.05) is 13.2 Å². The number of halogens is 3. The van der Waals surface area contributed by atoms with Gasteiger partial charge in [0.05, 0.1) is 3.57 Å². The summed E-state index contributed by atoms with van der Waals surface area (Å²) in [6, 6.07) is 11.8. The van der Waals surface area contributed by atoms with Gasteiger partial charge in [-0.2, -0.15) is 0 Å². The van der Waals surface area contributed by atoms with Crippen molar-refractivity contribution in [3.8, 4) is 17.6 Å². The first-order valence-corrected chi connectivity index (χ1v) is 12.0. The third kappa shape index (κ3) is 8.82. The molecular weight excluding hydrogens is 709 g/mol. The second kappa shape index (κ2) is 12.8. The van der Waals surface area contributed by atoms with Crippen molar-refractivity contribution >= 4 is 73.7 Å². The molecule has 7 heteroatoms.